The van der Waals surface area contributed by atoms with Crippen molar-refractivity contribution in [2.45, 2.75) is 18.9 Å². The van der Waals surface area contributed by atoms with Crippen molar-refractivity contribution in [3.05, 3.63) is 54.4 Å². The minimum absolute atomic E-state index is 0.158. The lowest BCUT2D eigenvalue weighted by Crippen LogP contribution is -2.38. The van der Waals surface area contributed by atoms with Gasteiger partial charge in [0.25, 0.3) is 0 Å². The molecule has 1 fully saturated rings. The van der Waals surface area contributed by atoms with Crippen LogP contribution in [0.3, 0.4) is 0 Å². The number of fused-ring (bicyclic) bond motifs is 1. The molecule has 0 saturated carbocycles. The van der Waals surface area contributed by atoms with E-state index in [1.165, 1.54) is 0 Å². The molecule has 1 aliphatic rings. The number of aromatic nitrogens is 3. The second kappa shape index (κ2) is 6.73. The van der Waals surface area contributed by atoms with Crippen molar-refractivity contribution in [1.29, 1.82) is 5.26 Å². The van der Waals surface area contributed by atoms with Crippen LogP contribution in [-0.4, -0.2) is 34.1 Å². The summed E-state index contributed by atoms with van der Waals surface area (Å²) < 4.78 is 6.03. The van der Waals surface area contributed by atoms with E-state index in [1.807, 2.05) is 24.3 Å². The fourth-order valence-corrected chi connectivity index (χ4v) is 3.05. The van der Waals surface area contributed by atoms with Crippen LogP contribution in [0.2, 0.25) is 0 Å². The molecule has 4 rings (SSSR count). The number of anilines is 1. The van der Waals surface area contributed by atoms with Gasteiger partial charge in [-0.25, -0.2) is 9.97 Å². The van der Waals surface area contributed by atoms with E-state index >= 15 is 0 Å². The highest BCUT2D eigenvalue weighted by molar-refractivity contribution is 5.71. The number of nitrogens with zero attached hydrogens (tertiary/aromatic N) is 5. The molecule has 0 amide bonds. The van der Waals surface area contributed by atoms with Gasteiger partial charge in [0.1, 0.15) is 23.2 Å². The van der Waals surface area contributed by atoms with Gasteiger partial charge in [-0.3, -0.25) is 4.98 Å². The molecule has 0 atom stereocenters. The third kappa shape index (κ3) is 3.36. The van der Waals surface area contributed by atoms with Gasteiger partial charge in [-0.1, -0.05) is 6.07 Å². The van der Waals surface area contributed by atoms with E-state index in [4.69, 9.17) is 10.00 Å². The van der Waals surface area contributed by atoms with Gasteiger partial charge in [0, 0.05) is 38.3 Å². The van der Waals surface area contributed by atoms with Gasteiger partial charge in [0.05, 0.1) is 11.6 Å². The quantitative estimate of drug-likeness (QED) is 0.734. The van der Waals surface area contributed by atoms with Crippen molar-refractivity contribution in [2.24, 2.45) is 0 Å². The van der Waals surface area contributed by atoms with Gasteiger partial charge < -0.3 is 9.64 Å². The Morgan fingerprint density at radius 3 is 2.76 bits per heavy atom. The summed E-state index contributed by atoms with van der Waals surface area (Å²) in [4.78, 5) is 15.4. The maximum atomic E-state index is 8.98. The summed E-state index contributed by atoms with van der Waals surface area (Å²) in [6, 6.07) is 13.4. The molecule has 0 N–H and O–H groups in total. The molecule has 0 spiro atoms. The molecule has 25 heavy (non-hydrogen) atoms. The molecular weight excluding hydrogens is 314 g/mol. The fourth-order valence-electron chi connectivity index (χ4n) is 3.05. The summed E-state index contributed by atoms with van der Waals surface area (Å²) in [6.45, 7) is 1.75. The van der Waals surface area contributed by atoms with Crippen LogP contribution < -0.4 is 9.64 Å². The van der Waals surface area contributed by atoms with Crippen molar-refractivity contribution < 1.29 is 4.74 Å². The number of ether oxygens (including phenoxy) is 1. The Balaban J connectivity index is 1.41. The van der Waals surface area contributed by atoms with Crippen LogP contribution >= 0.6 is 0 Å². The van der Waals surface area contributed by atoms with Gasteiger partial charge in [-0.15, -0.1) is 0 Å². The second-order valence-corrected chi connectivity index (χ2v) is 6.01. The van der Waals surface area contributed by atoms with Crippen LogP contribution in [0, 0.1) is 11.3 Å². The third-order valence-electron chi connectivity index (χ3n) is 4.35. The summed E-state index contributed by atoms with van der Waals surface area (Å²) in [5.74, 6) is 1.69. The SMILES string of the molecule is N#Cc1cccc(OC2CCN(c3ccc4nccnc4n3)CC2)c1. The maximum Gasteiger partial charge on any atom is 0.180 e. The molecule has 3 aromatic rings. The van der Waals surface area contributed by atoms with E-state index in [0.717, 1.165) is 43.0 Å². The molecule has 3 heterocycles. The highest BCUT2D eigenvalue weighted by Crippen LogP contribution is 2.23. The largest absolute Gasteiger partial charge is 0.490 e. The molecule has 124 valence electrons. The monoisotopic (exact) mass is 331 g/mol. The number of hydrogen-bond donors (Lipinski definition) is 0. The minimum atomic E-state index is 0.158. The van der Waals surface area contributed by atoms with Crippen LogP contribution in [0.5, 0.6) is 5.75 Å². The zero-order valence-electron chi connectivity index (χ0n) is 13.7. The summed E-state index contributed by atoms with van der Waals surface area (Å²) >= 11 is 0. The van der Waals surface area contributed by atoms with Gasteiger partial charge in [-0.2, -0.15) is 5.26 Å². The van der Waals surface area contributed by atoms with Gasteiger partial charge in [0.2, 0.25) is 0 Å². The molecule has 1 aliphatic heterocycles. The molecule has 0 aliphatic carbocycles. The maximum absolute atomic E-state index is 8.98. The summed E-state index contributed by atoms with van der Waals surface area (Å²) in [7, 11) is 0. The number of benzene rings is 1. The summed E-state index contributed by atoms with van der Waals surface area (Å²) in [6.07, 6.45) is 5.32. The zero-order valence-corrected chi connectivity index (χ0v) is 13.7. The predicted octanol–water partition coefficient (Wildman–Crippen LogP) is 2.94. The number of nitriles is 1. The first-order valence-electron chi connectivity index (χ1n) is 8.31. The van der Waals surface area contributed by atoms with E-state index in [0.29, 0.717) is 11.2 Å². The zero-order chi connectivity index (χ0) is 17.1. The van der Waals surface area contributed by atoms with Crippen molar-refractivity contribution >= 4 is 17.0 Å². The lowest BCUT2D eigenvalue weighted by molar-refractivity contribution is 0.170. The standard InChI is InChI=1S/C19H17N5O/c20-13-14-2-1-3-16(12-14)25-15-6-10-24(11-7-15)18-5-4-17-19(23-18)22-9-8-21-17/h1-5,8-9,12,15H,6-7,10-11H2. The highest BCUT2D eigenvalue weighted by Gasteiger charge is 2.22. The van der Waals surface area contributed by atoms with Crippen molar-refractivity contribution in [2.75, 3.05) is 18.0 Å². The van der Waals surface area contributed by atoms with E-state index < -0.39 is 0 Å². The molecule has 2 aromatic heterocycles. The first-order chi connectivity index (χ1) is 12.3. The topological polar surface area (TPSA) is 74.9 Å². The molecule has 0 bridgehead atoms. The van der Waals surface area contributed by atoms with Gasteiger partial charge in [-0.05, 0) is 30.3 Å². The Morgan fingerprint density at radius 2 is 1.92 bits per heavy atom. The van der Waals surface area contributed by atoms with E-state index in [1.54, 1.807) is 24.5 Å². The molecule has 1 aromatic carbocycles. The van der Waals surface area contributed by atoms with Crippen LogP contribution in [0.4, 0.5) is 5.82 Å². The number of piperidine rings is 1. The average Bonchev–Trinajstić information content (AvgIpc) is 2.68. The minimum Gasteiger partial charge on any atom is -0.490 e. The normalized spacial score (nSPS) is 15.1. The van der Waals surface area contributed by atoms with Crippen molar-refractivity contribution in [3.8, 4) is 11.8 Å². The highest BCUT2D eigenvalue weighted by atomic mass is 16.5. The van der Waals surface area contributed by atoms with E-state index in [2.05, 4.69) is 25.9 Å². The number of rotatable bonds is 3. The third-order valence-corrected chi connectivity index (χ3v) is 4.35. The van der Waals surface area contributed by atoms with Crippen molar-refractivity contribution in [1.82, 2.24) is 15.0 Å². The number of hydrogen-bond acceptors (Lipinski definition) is 6. The van der Waals surface area contributed by atoms with Crippen LogP contribution in [0.25, 0.3) is 11.2 Å². The average molecular weight is 331 g/mol. The first-order valence-corrected chi connectivity index (χ1v) is 8.31. The van der Waals surface area contributed by atoms with Crippen molar-refractivity contribution in [3.63, 3.8) is 0 Å². The second-order valence-electron chi connectivity index (χ2n) is 6.01. The predicted molar refractivity (Wildman–Crippen MR) is 94.4 cm³/mol. The smallest absolute Gasteiger partial charge is 0.180 e. The molecule has 1 saturated heterocycles. The molecule has 0 radical (unpaired) electrons. The summed E-state index contributed by atoms with van der Waals surface area (Å²) in [5, 5.41) is 8.98. The Morgan fingerprint density at radius 1 is 1.08 bits per heavy atom. The Labute approximate surface area is 145 Å². The molecule has 6 nitrogen and oxygen atoms in total. The number of pyridine rings is 1. The molecule has 6 heteroatoms. The molecular formula is C19H17N5O. The Hall–Kier alpha value is -3.20. The lowest BCUT2D eigenvalue weighted by Gasteiger charge is -2.33. The van der Waals surface area contributed by atoms with Crippen LogP contribution in [-0.2, 0) is 0 Å². The fraction of sp³-hybridized carbons (Fsp3) is 0.263. The van der Waals surface area contributed by atoms with Crippen LogP contribution in [0.15, 0.2) is 48.8 Å². The van der Waals surface area contributed by atoms with E-state index in [9.17, 15) is 0 Å². The first kappa shape index (κ1) is 15.3. The van der Waals surface area contributed by atoms with Gasteiger partial charge >= 0.3 is 0 Å². The Bertz CT molecular complexity index is 928. The summed E-state index contributed by atoms with van der Waals surface area (Å²) in [5.41, 5.74) is 2.10. The Kier molecular flexibility index (Phi) is 4.13. The van der Waals surface area contributed by atoms with Crippen LogP contribution in [0.1, 0.15) is 18.4 Å². The van der Waals surface area contributed by atoms with Gasteiger partial charge in [0.15, 0.2) is 5.65 Å². The molecule has 0 unspecified atom stereocenters. The van der Waals surface area contributed by atoms with E-state index in [-0.39, 0.29) is 6.10 Å². The lowest BCUT2D eigenvalue weighted by atomic mass is 10.1.